The Balaban J connectivity index is 1.33. The second-order valence-corrected chi connectivity index (χ2v) is 8.32. The van der Waals surface area contributed by atoms with Crippen LogP contribution in [0.15, 0.2) is 60.8 Å². The molecule has 0 spiro atoms. The number of hydrogen-bond donors (Lipinski definition) is 2. The molecule has 0 unspecified atom stereocenters. The van der Waals surface area contributed by atoms with E-state index >= 15 is 0 Å². The number of para-hydroxylation sites is 1. The van der Waals surface area contributed by atoms with Crippen molar-refractivity contribution in [1.82, 2.24) is 14.7 Å². The van der Waals surface area contributed by atoms with Crippen LogP contribution in [0.25, 0.3) is 0 Å². The summed E-state index contributed by atoms with van der Waals surface area (Å²) in [5, 5.41) is 10.3. The third kappa shape index (κ3) is 5.23. The Morgan fingerprint density at radius 1 is 1.03 bits per heavy atom. The van der Waals surface area contributed by atoms with Crippen molar-refractivity contribution < 1.29 is 9.59 Å². The zero-order valence-corrected chi connectivity index (χ0v) is 18.5. The summed E-state index contributed by atoms with van der Waals surface area (Å²) in [6.45, 7) is 6.26. The van der Waals surface area contributed by atoms with Gasteiger partial charge in [-0.05, 0) is 49.9 Å². The molecule has 1 aliphatic heterocycles. The van der Waals surface area contributed by atoms with Crippen LogP contribution in [0.3, 0.4) is 0 Å². The molecule has 2 amide bonds. The fraction of sp³-hybridized carbons (Fsp3) is 0.320. The van der Waals surface area contributed by atoms with E-state index in [0.717, 1.165) is 54.9 Å². The first-order valence-corrected chi connectivity index (χ1v) is 11.0. The molecule has 3 aromatic rings. The summed E-state index contributed by atoms with van der Waals surface area (Å²) < 4.78 is 1.92. The smallest absolute Gasteiger partial charge is 0.307 e. The predicted octanol–water partition coefficient (Wildman–Crippen LogP) is 4.88. The van der Waals surface area contributed by atoms with Crippen molar-refractivity contribution in [2.75, 3.05) is 23.7 Å². The van der Waals surface area contributed by atoms with Gasteiger partial charge in [0, 0.05) is 37.0 Å². The highest BCUT2D eigenvalue weighted by Gasteiger charge is 2.23. The number of aryl methyl sites for hydroxylation is 1. The van der Waals surface area contributed by atoms with Gasteiger partial charge in [-0.15, -0.1) is 0 Å². The number of urea groups is 1. The fourth-order valence-electron chi connectivity index (χ4n) is 4.16. The number of anilines is 2. The van der Waals surface area contributed by atoms with Gasteiger partial charge in [0.05, 0.1) is 12.2 Å². The van der Waals surface area contributed by atoms with Crippen molar-refractivity contribution in [2.45, 2.75) is 39.3 Å². The first-order chi connectivity index (χ1) is 15.5. The summed E-state index contributed by atoms with van der Waals surface area (Å²) in [7, 11) is 0. The number of nitrogens with zero attached hydrogens (tertiary/aromatic N) is 3. The van der Waals surface area contributed by atoms with Crippen molar-refractivity contribution in [1.29, 1.82) is 0 Å². The van der Waals surface area contributed by atoms with Gasteiger partial charge in [-0.25, -0.2) is 9.48 Å². The predicted molar refractivity (Wildman–Crippen MR) is 126 cm³/mol. The topological polar surface area (TPSA) is 79.3 Å². The summed E-state index contributed by atoms with van der Waals surface area (Å²) >= 11 is 0. The van der Waals surface area contributed by atoms with Gasteiger partial charge in [-0.3, -0.25) is 15.0 Å². The molecule has 0 aliphatic carbocycles. The number of nitrogens with one attached hydrogen (secondary N) is 2. The zero-order chi connectivity index (χ0) is 22.5. The number of Topliss-reactive ketones (excluding diaryl/α,β-unsaturated/α-hetero) is 1. The van der Waals surface area contributed by atoms with Crippen LogP contribution in [0.1, 0.15) is 47.3 Å². The second-order valence-electron chi connectivity index (χ2n) is 8.32. The van der Waals surface area contributed by atoms with E-state index < -0.39 is 0 Å². The van der Waals surface area contributed by atoms with Crippen LogP contribution in [0.2, 0.25) is 0 Å². The number of benzene rings is 2. The number of piperidine rings is 1. The maximum Gasteiger partial charge on any atom is 0.324 e. The first-order valence-electron chi connectivity index (χ1n) is 11.0. The highest BCUT2D eigenvalue weighted by Crippen LogP contribution is 2.26. The van der Waals surface area contributed by atoms with Crippen LogP contribution < -0.4 is 10.6 Å². The van der Waals surface area contributed by atoms with Crippen LogP contribution in [0, 0.1) is 6.92 Å². The molecule has 0 radical (unpaired) electrons. The Hall–Kier alpha value is -3.45. The van der Waals surface area contributed by atoms with Gasteiger partial charge in [-0.2, -0.15) is 5.10 Å². The quantitative estimate of drug-likeness (QED) is 0.546. The first kappa shape index (κ1) is 21.8. The summed E-state index contributed by atoms with van der Waals surface area (Å²) in [4.78, 5) is 26.5. The molecule has 7 nitrogen and oxygen atoms in total. The lowest BCUT2D eigenvalue weighted by Gasteiger charge is -2.32. The third-order valence-corrected chi connectivity index (χ3v) is 5.95. The molecule has 0 atom stereocenters. The molecule has 0 saturated carbocycles. The van der Waals surface area contributed by atoms with Crippen LogP contribution >= 0.6 is 0 Å². The van der Waals surface area contributed by atoms with E-state index in [1.165, 1.54) is 0 Å². The van der Waals surface area contributed by atoms with Crippen LogP contribution in [0.4, 0.5) is 16.3 Å². The Morgan fingerprint density at radius 3 is 2.56 bits per heavy atom. The Labute approximate surface area is 188 Å². The van der Waals surface area contributed by atoms with E-state index in [0.29, 0.717) is 5.82 Å². The van der Waals surface area contributed by atoms with Gasteiger partial charge in [-0.1, -0.05) is 36.4 Å². The van der Waals surface area contributed by atoms with E-state index in [9.17, 15) is 9.59 Å². The Kier molecular flexibility index (Phi) is 6.66. The molecule has 1 aromatic heterocycles. The average Bonchev–Trinajstić information content (AvgIpc) is 3.24. The summed E-state index contributed by atoms with van der Waals surface area (Å²) in [6, 6.07) is 17.3. The molecule has 1 saturated heterocycles. The minimum atomic E-state index is -0.274. The van der Waals surface area contributed by atoms with Crippen molar-refractivity contribution in [2.24, 2.45) is 0 Å². The number of ketones is 1. The lowest BCUT2D eigenvalue weighted by atomic mass is 10.0. The van der Waals surface area contributed by atoms with Crippen molar-refractivity contribution in [3.05, 3.63) is 77.5 Å². The van der Waals surface area contributed by atoms with Gasteiger partial charge < -0.3 is 5.32 Å². The summed E-state index contributed by atoms with van der Waals surface area (Å²) in [5.41, 5.74) is 3.72. The zero-order valence-electron chi connectivity index (χ0n) is 18.5. The average molecular weight is 432 g/mol. The molecule has 2 heterocycles. The molecular formula is C25H29N5O2. The van der Waals surface area contributed by atoms with Crippen LogP contribution in [-0.2, 0) is 6.54 Å². The summed E-state index contributed by atoms with van der Waals surface area (Å²) in [6.07, 6.45) is 3.62. The van der Waals surface area contributed by atoms with Gasteiger partial charge in [0.2, 0.25) is 0 Å². The number of aromatic nitrogens is 2. The summed E-state index contributed by atoms with van der Waals surface area (Å²) in [5.74, 6) is 0.791. The largest absolute Gasteiger partial charge is 0.324 e. The minimum absolute atomic E-state index is 0.0933. The standard InChI is InChI=1S/C25H29N5O2/c1-18-6-3-4-9-23(18)27-25(32)28-24-10-13-26-30(24)22-11-14-29(15-12-22)17-20-7-5-8-21(16-20)19(2)31/h3-10,13,16,22H,11-12,14-15,17H2,1-2H3,(H2,27,28,32). The number of likely N-dealkylation sites (tertiary alicyclic amines) is 1. The molecule has 4 rings (SSSR count). The molecule has 2 N–H and O–H groups in total. The number of hydrogen-bond acceptors (Lipinski definition) is 4. The van der Waals surface area contributed by atoms with Gasteiger partial charge in [0.25, 0.3) is 0 Å². The molecule has 0 bridgehead atoms. The minimum Gasteiger partial charge on any atom is -0.307 e. The van der Waals surface area contributed by atoms with Crippen LogP contribution in [-0.4, -0.2) is 39.6 Å². The highest BCUT2D eigenvalue weighted by molar-refractivity contribution is 5.99. The van der Waals surface area contributed by atoms with E-state index in [1.54, 1.807) is 13.1 Å². The molecule has 166 valence electrons. The number of amides is 2. The number of rotatable bonds is 6. The van der Waals surface area contributed by atoms with Gasteiger partial charge in [0.1, 0.15) is 5.82 Å². The monoisotopic (exact) mass is 431 g/mol. The Bertz CT molecular complexity index is 1100. The lowest BCUT2D eigenvalue weighted by molar-refractivity contribution is 0.101. The highest BCUT2D eigenvalue weighted by atomic mass is 16.2. The number of carbonyl (C=O) groups is 2. The fourth-order valence-corrected chi connectivity index (χ4v) is 4.16. The maximum atomic E-state index is 12.5. The molecule has 1 aliphatic rings. The SMILES string of the molecule is CC(=O)c1cccc(CN2CCC(n3nccc3NC(=O)Nc3ccccc3C)CC2)c1. The molecule has 1 fully saturated rings. The van der Waals surface area contributed by atoms with Gasteiger partial charge >= 0.3 is 6.03 Å². The second kappa shape index (κ2) is 9.78. The molecular weight excluding hydrogens is 402 g/mol. The lowest BCUT2D eigenvalue weighted by Crippen LogP contribution is -2.35. The molecule has 7 heteroatoms. The van der Waals surface area contributed by atoms with E-state index in [2.05, 4.69) is 26.7 Å². The van der Waals surface area contributed by atoms with Crippen molar-refractivity contribution >= 4 is 23.3 Å². The van der Waals surface area contributed by atoms with E-state index in [1.807, 2.05) is 60.1 Å². The number of carbonyl (C=O) groups excluding carboxylic acids is 2. The molecule has 32 heavy (non-hydrogen) atoms. The van der Waals surface area contributed by atoms with Crippen LogP contribution in [0.5, 0.6) is 0 Å². The third-order valence-electron chi connectivity index (χ3n) is 5.95. The van der Waals surface area contributed by atoms with Crippen molar-refractivity contribution in [3.63, 3.8) is 0 Å². The van der Waals surface area contributed by atoms with E-state index in [4.69, 9.17) is 0 Å². The molecule has 2 aromatic carbocycles. The van der Waals surface area contributed by atoms with E-state index in [-0.39, 0.29) is 17.9 Å². The Morgan fingerprint density at radius 2 is 1.81 bits per heavy atom. The normalized spacial score (nSPS) is 14.8. The van der Waals surface area contributed by atoms with Gasteiger partial charge in [0.15, 0.2) is 5.78 Å². The van der Waals surface area contributed by atoms with Crippen molar-refractivity contribution in [3.8, 4) is 0 Å². The maximum absolute atomic E-state index is 12.5.